The van der Waals surface area contributed by atoms with Gasteiger partial charge < -0.3 is 18.9 Å². The van der Waals surface area contributed by atoms with Gasteiger partial charge in [0.1, 0.15) is 12.1 Å². The molecule has 3 rings (SSSR count). The first-order valence-electron chi connectivity index (χ1n) is 16.3. The van der Waals surface area contributed by atoms with Crippen molar-refractivity contribution < 1.29 is 14.0 Å². The lowest BCUT2D eigenvalue weighted by Gasteiger charge is -2.30. The molecule has 0 saturated heterocycles. The lowest BCUT2D eigenvalue weighted by molar-refractivity contribution is -0.903. The van der Waals surface area contributed by atoms with Crippen molar-refractivity contribution in [2.45, 2.75) is 104 Å². The molecular weight excluding hydrogens is 508 g/mol. The van der Waals surface area contributed by atoms with E-state index in [9.17, 15) is 9.90 Å². The fraction of sp³-hybridized carbons (Fsp3) is 0.583. The Balaban J connectivity index is 1.69. The smallest absolute Gasteiger partial charge is 0.235 e. The van der Waals surface area contributed by atoms with E-state index in [-0.39, 0.29) is 16.9 Å². The Morgan fingerprint density at radius 1 is 0.756 bits per heavy atom. The van der Waals surface area contributed by atoms with Gasteiger partial charge in [-0.1, -0.05) is 72.1 Å². The van der Waals surface area contributed by atoms with E-state index in [0.717, 1.165) is 67.6 Å². The van der Waals surface area contributed by atoms with Crippen LogP contribution < -0.4 is 10.3 Å². The second-order valence-corrected chi connectivity index (χ2v) is 12.5. The molecule has 5 nitrogen and oxygen atoms in total. The summed E-state index contributed by atoms with van der Waals surface area (Å²) in [7, 11) is 4.51. The highest BCUT2D eigenvalue weighted by molar-refractivity contribution is 5.82. The van der Waals surface area contributed by atoms with Crippen molar-refractivity contribution >= 4 is 16.7 Å². The standard InChI is InChI=1S/C36H54N2O3/c1-6-9-12-13-14-15-16-17-26-38(4,5)28-29-18-23-33-32(27-29)34(39)35(40)36(41-33)30-19-21-31(22-20-30)37(24-10-7-2)25-11-8-3/h18-23,27H,6-17,24-26,28H2,1-5H3/p+1. The number of benzene rings is 2. The van der Waals surface area contributed by atoms with Crippen LogP contribution in [0.25, 0.3) is 22.3 Å². The van der Waals surface area contributed by atoms with E-state index in [1.165, 1.54) is 51.4 Å². The highest BCUT2D eigenvalue weighted by atomic mass is 16.4. The van der Waals surface area contributed by atoms with Crippen molar-refractivity contribution in [3.05, 3.63) is 58.3 Å². The lowest BCUT2D eigenvalue weighted by atomic mass is 10.1. The van der Waals surface area contributed by atoms with Crippen LogP contribution in [0.4, 0.5) is 5.69 Å². The molecular formula is C36H55N2O3+. The van der Waals surface area contributed by atoms with Crippen LogP contribution in [-0.4, -0.2) is 43.3 Å². The third kappa shape index (κ3) is 9.92. The number of hydrogen-bond donors (Lipinski definition) is 1. The van der Waals surface area contributed by atoms with Gasteiger partial charge in [0.15, 0.2) is 5.76 Å². The Kier molecular flexibility index (Phi) is 13.2. The maximum Gasteiger partial charge on any atom is 0.235 e. The maximum absolute atomic E-state index is 13.3. The summed E-state index contributed by atoms with van der Waals surface area (Å²) in [6.45, 7) is 10.7. The summed E-state index contributed by atoms with van der Waals surface area (Å²) in [5, 5.41) is 11.3. The second-order valence-electron chi connectivity index (χ2n) is 12.5. The number of aromatic hydroxyl groups is 1. The Bertz CT molecular complexity index is 1240. The van der Waals surface area contributed by atoms with Crippen molar-refractivity contribution in [1.29, 1.82) is 0 Å². The first kappa shape index (κ1) is 32.7. The summed E-state index contributed by atoms with van der Waals surface area (Å²) >= 11 is 0. The molecule has 0 atom stereocenters. The molecule has 0 saturated carbocycles. The highest BCUT2D eigenvalue weighted by Gasteiger charge is 2.19. The molecule has 0 spiro atoms. The minimum absolute atomic E-state index is 0.237. The van der Waals surface area contributed by atoms with E-state index in [2.05, 4.69) is 58.0 Å². The van der Waals surface area contributed by atoms with Gasteiger partial charge in [-0.25, -0.2) is 0 Å². The summed E-state index contributed by atoms with van der Waals surface area (Å²) in [5.41, 5.74) is 3.11. The summed E-state index contributed by atoms with van der Waals surface area (Å²) in [6.07, 6.45) is 15.2. The molecule has 0 fully saturated rings. The summed E-state index contributed by atoms with van der Waals surface area (Å²) in [4.78, 5) is 15.7. The Morgan fingerprint density at radius 2 is 1.34 bits per heavy atom. The van der Waals surface area contributed by atoms with Crippen molar-refractivity contribution in [2.75, 3.05) is 38.6 Å². The van der Waals surface area contributed by atoms with Crippen molar-refractivity contribution in [3.8, 4) is 17.1 Å². The number of hydrogen-bond acceptors (Lipinski definition) is 4. The second kappa shape index (κ2) is 16.6. The molecule has 1 heterocycles. The average Bonchev–Trinajstić information content (AvgIpc) is 2.96. The van der Waals surface area contributed by atoms with Crippen LogP contribution in [0.1, 0.15) is 103 Å². The van der Waals surface area contributed by atoms with E-state index in [1.54, 1.807) is 0 Å². The SMILES string of the molecule is CCCCCCCCCC[N+](C)(C)Cc1ccc2oc(-c3ccc(N(CCCC)CCCC)cc3)c(O)c(=O)c2c1. The Labute approximate surface area is 248 Å². The summed E-state index contributed by atoms with van der Waals surface area (Å²) in [5.74, 6) is -0.0785. The number of unbranched alkanes of at least 4 members (excludes halogenated alkanes) is 9. The summed E-state index contributed by atoms with van der Waals surface area (Å²) < 4.78 is 7.00. The lowest BCUT2D eigenvalue weighted by Crippen LogP contribution is -2.39. The Hall–Kier alpha value is -2.79. The molecule has 0 unspecified atom stereocenters. The van der Waals surface area contributed by atoms with Crippen LogP contribution in [0.5, 0.6) is 5.75 Å². The van der Waals surface area contributed by atoms with E-state index >= 15 is 0 Å². The van der Waals surface area contributed by atoms with Gasteiger partial charge in [-0.2, -0.15) is 0 Å². The number of quaternary nitrogens is 1. The molecule has 2 aromatic carbocycles. The average molecular weight is 564 g/mol. The van der Waals surface area contributed by atoms with Crippen LogP contribution in [0.15, 0.2) is 51.7 Å². The van der Waals surface area contributed by atoms with E-state index < -0.39 is 0 Å². The van der Waals surface area contributed by atoms with E-state index in [0.29, 0.717) is 16.5 Å². The quantitative estimate of drug-likeness (QED) is 0.117. The third-order valence-electron chi connectivity index (χ3n) is 8.22. The molecule has 0 amide bonds. The zero-order valence-corrected chi connectivity index (χ0v) is 26.5. The monoisotopic (exact) mass is 563 g/mol. The molecule has 0 aliphatic rings. The predicted octanol–water partition coefficient (Wildman–Crippen LogP) is 9.29. The Morgan fingerprint density at radius 3 is 1.95 bits per heavy atom. The highest BCUT2D eigenvalue weighted by Crippen LogP contribution is 2.32. The molecule has 0 aliphatic carbocycles. The fourth-order valence-corrected chi connectivity index (χ4v) is 5.67. The molecule has 226 valence electrons. The van der Waals surface area contributed by atoms with Crippen LogP contribution in [0.2, 0.25) is 0 Å². The molecule has 0 radical (unpaired) electrons. The van der Waals surface area contributed by atoms with Gasteiger partial charge >= 0.3 is 0 Å². The molecule has 41 heavy (non-hydrogen) atoms. The van der Waals surface area contributed by atoms with Crippen molar-refractivity contribution in [2.24, 2.45) is 0 Å². The molecule has 5 heteroatoms. The normalized spacial score (nSPS) is 11.8. The summed E-state index contributed by atoms with van der Waals surface area (Å²) in [6, 6.07) is 13.9. The van der Waals surface area contributed by atoms with Gasteiger partial charge in [0, 0.05) is 29.9 Å². The minimum atomic E-state index is -0.368. The van der Waals surface area contributed by atoms with Gasteiger partial charge in [0.2, 0.25) is 11.2 Å². The first-order valence-corrected chi connectivity index (χ1v) is 16.3. The molecule has 1 N–H and O–H groups in total. The van der Waals surface area contributed by atoms with Crippen molar-refractivity contribution in [3.63, 3.8) is 0 Å². The largest absolute Gasteiger partial charge is 0.502 e. The van der Waals surface area contributed by atoms with Gasteiger partial charge in [-0.15, -0.1) is 0 Å². The molecule has 0 bridgehead atoms. The van der Waals surface area contributed by atoms with E-state index in [1.807, 2.05) is 24.3 Å². The molecule has 1 aromatic heterocycles. The zero-order valence-electron chi connectivity index (χ0n) is 26.5. The predicted molar refractivity (Wildman–Crippen MR) is 175 cm³/mol. The van der Waals surface area contributed by atoms with Crippen molar-refractivity contribution in [1.82, 2.24) is 0 Å². The number of rotatable bonds is 19. The number of fused-ring (bicyclic) bond motifs is 1. The first-order chi connectivity index (χ1) is 19.8. The molecule has 3 aromatic rings. The zero-order chi connectivity index (χ0) is 29.7. The van der Waals surface area contributed by atoms with E-state index in [4.69, 9.17) is 4.42 Å². The number of anilines is 1. The van der Waals surface area contributed by atoms with Gasteiger partial charge in [-0.05, 0) is 68.1 Å². The van der Waals surface area contributed by atoms with Gasteiger partial charge in [0.25, 0.3) is 0 Å². The van der Waals surface area contributed by atoms with Crippen LogP contribution in [0.3, 0.4) is 0 Å². The fourth-order valence-electron chi connectivity index (χ4n) is 5.67. The minimum Gasteiger partial charge on any atom is -0.502 e. The van der Waals surface area contributed by atoms with Crippen LogP contribution >= 0.6 is 0 Å². The number of nitrogens with zero attached hydrogens (tertiary/aromatic N) is 2. The molecule has 0 aliphatic heterocycles. The topological polar surface area (TPSA) is 53.7 Å². The maximum atomic E-state index is 13.3. The third-order valence-corrected chi connectivity index (χ3v) is 8.22. The van der Waals surface area contributed by atoms with Crippen LogP contribution in [0, 0.1) is 0 Å². The van der Waals surface area contributed by atoms with Crippen LogP contribution in [-0.2, 0) is 6.54 Å². The van der Waals surface area contributed by atoms with Gasteiger partial charge in [0.05, 0.1) is 26.0 Å². The van der Waals surface area contributed by atoms with Gasteiger partial charge in [-0.3, -0.25) is 4.79 Å².